The van der Waals surface area contributed by atoms with Gasteiger partial charge < -0.3 is 14.4 Å². The van der Waals surface area contributed by atoms with Gasteiger partial charge in [-0.3, -0.25) is 14.5 Å². The van der Waals surface area contributed by atoms with Crippen LogP contribution in [-0.4, -0.2) is 55.0 Å². The second-order valence-corrected chi connectivity index (χ2v) is 6.78. The number of nitrogens with zero attached hydrogens (tertiary/aromatic N) is 2. The minimum atomic E-state index is -0.304. The molecule has 28 heavy (non-hydrogen) atoms. The monoisotopic (exact) mass is 378 g/mol. The summed E-state index contributed by atoms with van der Waals surface area (Å²) in [4.78, 5) is 29.8. The molecule has 6 nitrogen and oxygen atoms in total. The molecule has 144 valence electrons. The molecule has 1 fully saturated rings. The van der Waals surface area contributed by atoms with Crippen molar-refractivity contribution in [3.63, 3.8) is 0 Å². The van der Waals surface area contributed by atoms with Crippen LogP contribution in [0.25, 0.3) is 5.57 Å². The molecule has 2 aliphatic heterocycles. The minimum Gasteiger partial charge on any atom is -0.497 e. The molecule has 0 N–H and O–H groups in total. The summed E-state index contributed by atoms with van der Waals surface area (Å²) in [5.74, 6) is 0.00623. The predicted molar refractivity (Wildman–Crippen MR) is 105 cm³/mol. The Morgan fingerprint density at radius 2 is 1.75 bits per heavy atom. The second kappa shape index (κ2) is 7.86. The van der Waals surface area contributed by atoms with Crippen molar-refractivity contribution in [2.24, 2.45) is 0 Å². The lowest BCUT2D eigenvalue weighted by atomic mass is 9.93. The van der Waals surface area contributed by atoms with Gasteiger partial charge in [0, 0.05) is 24.9 Å². The molecule has 2 aromatic rings. The molecule has 4 rings (SSSR count). The highest BCUT2D eigenvalue weighted by Crippen LogP contribution is 2.32. The number of benzene rings is 2. The standard InChI is InChI=1S/C22H22N2O4/c1-27-17-7-8-18-19(13-17)21(25)24(14-16-5-3-2-4-6-16)22(26)20(18)15-23-9-11-28-12-10-23/h2-8,13,15H,9-12,14H2,1H3/b20-15-. The zero-order valence-electron chi connectivity index (χ0n) is 15.8. The lowest BCUT2D eigenvalue weighted by molar-refractivity contribution is -0.123. The van der Waals surface area contributed by atoms with Crippen molar-refractivity contribution in [3.8, 4) is 5.75 Å². The van der Waals surface area contributed by atoms with Crippen molar-refractivity contribution >= 4 is 17.4 Å². The first kappa shape index (κ1) is 18.3. The second-order valence-electron chi connectivity index (χ2n) is 6.78. The van der Waals surface area contributed by atoms with Gasteiger partial charge in [0.2, 0.25) is 0 Å². The fraction of sp³-hybridized carbons (Fsp3) is 0.273. The molecular formula is C22H22N2O4. The molecular weight excluding hydrogens is 356 g/mol. The molecule has 0 bridgehead atoms. The molecule has 2 heterocycles. The molecule has 2 amide bonds. The molecule has 0 saturated carbocycles. The first-order chi connectivity index (χ1) is 13.7. The summed E-state index contributed by atoms with van der Waals surface area (Å²) < 4.78 is 10.7. The average Bonchev–Trinajstić information content (AvgIpc) is 2.75. The summed E-state index contributed by atoms with van der Waals surface area (Å²) in [6, 6.07) is 14.8. The van der Waals surface area contributed by atoms with Crippen LogP contribution in [0.3, 0.4) is 0 Å². The number of carbonyl (C=O) groups is 2. The van der Waals surface area contributed by atoms with Crippen molar-refractivity contribution in [1.82, 2.24) is 9.80 Å². The van der Waals surface area contributed by atoms with Crippen LogP contribution >= 0.6 is 0 Å². The minimum absolute atomic E-state index is 0.232. The van der Waals surface area contributed by atoms with Crippen LogP contribution in [-0.2, 0) is 16.1 Å². The van der Waals surface area contributed by atoms with Gasteiger partial charge in [0.05, 0.1) is 38.0 Å². The molecule has 0 unspecified atom stereocenters. The lowest BCUT2D eigenvalue weighted by Gasteiger charge is -2.31. The number of methoxy groups -OCH3 is 1. The van der Waals surface area contributed by atoms with Gasteiger partial charge in [-0.15, -0.1) is 0 Å². The molecule has 0 aliphatic carbocycles. The Bertz CT molecular complexity index is 917. The van der Waals surface area contributed by atoms with Gasteiger partial charge in [-0.1, -0.05) is 30.3 Å². The fourth-order valence-electron chi connectivity index (χ4n) is 3.48. The smallest absolute Gasteiger partial charge is 0.263 e. The number of carbonyl (C=O) groups excluding carboxylic acids is 2. The number of amides is 2. The van der Waals surface area contributed by atoms with Crippen molar-refractivity contribution in [3.05, 3.63) is 71.4 Å². The van der Waals surface area contributed by atoms with E-state index in [1.54, 1.807) is 25.3 Å². The van der Waals surface area contributed by atoms with Crippen LogP contribution in [0.15, 0.2) is 54.7 Å². The third kappa shape index (κ3) is 3.51. The van der Waals surface area contributed by atoms with Crippen molar-refractivity contribution in [2.75, 3.05) is 33.4 Å². The van der Waals surface area contributed by atoms with E-state index in [1.165, 1.54) is 4.90 Å². The topological polar surface area (TPSA) is 59.1 Å². The van der Waals surface area contributed by atoms with Gasteiger partial charge in [-0.2, -0.15) is 0 Å². The number of imide groups is 1. The van der Waals surface area contributed by atoms with E-state index in [4.69, 9.17) is 9.47 Å². The quantitative estimate of drug-likeness (QED) is 0.605. The summed E-state index contributed by atoms with van der Waals surface area (Å²) >= 11 is 0. The molecule has 0 atom stereocenters. The maximum atomic E-state index is 13.3. The Hall–Kier alpha value is -3.12. The normalized spacial score (nSPS) is 18.4. The van der Waals surface area contributed by atoms with Crippen LogP contribution in [0.1, 0.15) is 21.5 Å². The van der Waals surface area contributed by atoms with Crippen molar-refractivity contribution < 1.29 is 19.1 Å². The van der Waals surface area contributed by atoms with Gasteiger partial charge in [-0.25, -0.2) is 0 Å². The largest absolute Gasteiger partial charge is 0.497 e. The summed E-state index contributed by atoms with van der Waals surface area (Å²) in [6.07, 6.45) is 1.86. The van der Waals surface area contributed by atoms with Gasteiger partial charge in [0.1, 0.15) is 5.75 Å². The first-order valence-corrected chi connectivity index (χ1v) is 9.29. The number of ether oxygens (including phenoxy) is 2. The Labute approximate surface area is 164 Å². The molecule has 2 aliphatic rings. The highest BCUT2D eigenvalue weighted by atomic mass is 16.5. The molecule has 1 saturated heterocycles. The zero-order valence-corrected chi connectivity index (χ0v) is 15.8. The van der Waals surface area contributed by atoms with Gasteiger partial charge in [0.15, 0.2) is 0 Å². The van der Waals surface area contributed by atoms with Crippen LogP contribution in [0.5, 0.6) is 5.75 Å². The number of fused-ring (bicyclic) bond motifs is 1. The number of rotatable bonds is 4. The Balaban J connectivity index is 1.76. The van der Waals surface area contributed by atoms with E-state index >= 15 is 0 Å². The molecule has 0 radical (unpaired) electrons. The highest BCUT2D eigenvalue weighted by molar-refractivity contribution is 6.30. The summed E-state index contributed by atoms with van der Waals surface area (Å²) in [5.41, 5.74) is 2.55. The molecule has 0 aromatic heterocycles. The predicted octanol–water partition coefficient (Wildman–Crippen LogP) is 2.55. The number of hydrogen-bond acceptors (Lipinski definition) is 5. The van der Waals surface area contributed by atoms with E-state index in [0.29, 0.717) is 35.7 Å². The Morgan fingerprint density at radius 1 is 1.00 bits per heavy atom. The van der Waals surface area contributed by atoms with Gasteiger partial charge >= 0.3 is 0 Å². The fourth-order valence-corrected chi connectivity index (χ4v) is 3.48. The third-order valence-electron chi connectivity index (χ3n) is 5.01. The Morgan fingerprint density at radius 3 is 2.46 bits per heavy atom. The lowest BCUT2D eigenvalue weighted by Crippen LogP contribution is -2.42. The van der Waals surface area contributed by atoms with Gasteiger partial charge in [-0.05, 0) is 23.8 Å². The zero-order chi connectivity index (χ0) is 19.5. The van der Waals surface area contributed by atoms with E-state index in [2.05, 4.69) is 4.90 Å². The number of hydrogen-bond donors (Lipinski definition) is 0. The van der Waals surface area contributed by atoms with Crippen molar-refractivity contribution in [1.29, 1.82) is 0 Å². The highest BCUT2D eigenvalue weighted by Gasteiger charge is 2.35. The SMILES string of the molecule is COc1ccc2c(c1)C(=O)N(Cc1ccccc1)C(=O)/C2=C\N1CCOCC1. The van der Waals surface area contributed by atoms with Crippen molar-refractivity contribution in [2.45, 2.75) is 6.54 Å². The maximum absolute atomic E-state index is 13.3. The van der Waals surface area contributed by atoms with E-state index in [1.807, 2.05) is 36.5 Å². The van der Waals surface area contributed by atoms with Crippen LogP contribution in [0, 0.1) is 0 Å². The number of morpholine rings is 1. The first-order valence-electron chi connectivity index (χ1n) is 9.29. The molecule has 0 spiro atoms. The Kier molecular flexibility index (Phi) is 5.12. The van der Waals surface area contributed by atoms with E-state index in [0.717, 1.165) is 18.7 Å². The molecule has 2 aromatic carbocycles. The van der Waals surface area contributed by atoms with E-state index in [9.17, 15) is 9.59 Å². The van der Waals surface area contributed by atoms with Crippen LogP contribution in [0.2, 0.25) is 0 Å². The summed E-state index contributed by atoms with van der Waals surface area (Å²) in [5, 5.41) is 0. The van der Waals surface area contributed by atoms with Crippen LogP contribution < -0.4 is 4.74 Å². The average molecular weight is 378 g/mol. The van der Waals surface area contributed by atoms with E-state index < -0.39 is 0 Å². The maximum Gasteiger partial charge on any atom is 0.263 e. The summed E-state index contributed by atoms with van der Waals surface area (Å²) in [7, 11) is 1.56. The third-order valence-corrected chi connectivity index (χ3v) is 5.01. The van der Waals surface area contributed by atoms with E-state index in [-0.39, 0.29) is 18.4 Å². The summed E-state index contributed by atoms with van der Waals surface area (Å²) in [6.45, 7) is 2.92. The molecule has 6 heteroatoms. The van der Waals surface area contributed by atoms with Crippen LogP contribution in [0.4, 0.5) is 0 Å². The van der Waals surface area contributed by atoms with Gasteiger partial charge in [0.25, 0.3) is 11.8 Å².